The van der Waals surface area contributed by atoms with E-state index in [1.165, 1.54) is 4.80 Å². The molecule has 3 heterocycles. The molecular weight excluding hydrogens is 388 g/mol. The molecule has 0 N–H and O–H groups in total. The SMILES string of the molecule is Cc1ccc(-n2nccn2)c(C(=O)N2CC(c3nc4ccccc4n3C)CCC2C)c1. The standard InChI is InChI=1S/C24H26N6O/c1-16-8-11-21(30-25-12-13-26-30)19(14-16)24(31)29-15-18(10-9-17(29)2)23-27-20-6-4-5-7-22(20)28(23)3/h4-8,11-14,17-18H,9-10,15H2,1-3H3. The van der Waals surface area contributed by atoms with Crippen molar-refractivity contribution in [1.82, 2.24) is 29.4 Å². The van der Waals surface area contributed by atoms with E-state index in [1.54, 1.807) is 12.4 Å². The summed E-state index contributed by atoms with van der Waals surface area (Å²) in [5.74, 6) is 1.27. The van der Waals surface area contributed by atoms with Gasteiger partial charge in [0.15, 0.2) is 0 Å². The van der Waals surface area contributed by atoms with Crippen molar-refractivity contribution in [3.63, 3.8) is 0 Å². The van der Waals surface area contributed by atoms with Crippen molar-refractivity contribution < 1.29 is 4.79 Å². The number of rotatable bonds is 3. The van der Waals surface area contributed by atoms with Crippen LogP contribution in [0.2, 0.25) is 0 Å². The van der Waals surface area contributed by atoms with Crippen LogP contribution in [0.15, 0.2) is 54.9 Å². The van der Waals surface area contributed by atoms with Gasteiger partial charge in [-0.25, -0.2) is 4.98 Å². The number of imidazole rings is 1. The number of para-hydroxylation sites is 2. The van der Waals surface area contributed by atoms with E-state index in [0.717, 1.165) is 35.3 Å². The third-order valence-corrected chi connectivity index (χ3v) is 6.35. The molecule has 31 heavy (non-hydrogen) atoms. The number of piperidine rings is 1. The van der Waals surface area contributed by atoms with E-state index in [-0.39, 0.29) is 17.9 Å². The highest BCUT2D eigenvalue weighted by atomic mass is 16.2. The zero-order valence-corrected chi connectivity index (χ0v) is 18.1. The number of likely N-dealkylation sites (tertiary alicyclic amines) is 1. The van der Waals surface area contributed by atoms with E-state index in [4.69, 9.17) is 4.98 Å². The largest absolute Gasteiger partial charge is 0.335 e. The van der Waals surface area contributed by atoms with Gasteiger partial charge in [-0.3, -0.25) is 4.79 Å². The summed E-state index contributed by atoms with van der Waals surface area (Å²) in [5, 5.41) is 8.49. The van der Waals surface area contributed by atoms with Crippen LogP contribution in [0.1, 0.15) is 47.4 Å². The molecule has 158 valence electrons. The quantitative estimate of drug-likeness (QED) is 0.510. The molecule has 5 rings (SSSR count). The highest BCUT2D eigenvalue weighted by Gasteiger charge is 2.33. The number of hydrogen-bond acceptors (Lipinski definition) is 4. The Morgan fingerprint density at radius 1 is 1.06 bits per heavy atom. The monoisotopic (exact) mass is 414 g/mol. The molecule has 7 nitrogen and oxygen atoms in total. The number of aromatic nitrogens is 5. The Hall–Kier alpha value is -3.48. The first-order valence-corrected chi connectivity index (χ1v) is 10.7. The molecule has 0 spiro atoms. The molecule has 1 aliphatic rings. The Bertz CT molecular complexity index is 1240. The summed E-state index contributed by atoms with van der Waals surface area (Å²) >= 11 is 0. The first-order chi connectivity index (χ1) is 15.0. The number of fused-ring (bicyclic) bond motifs is 1. The van der Waals surface area contributed by atoms with Gasteiger partial charge < -0.3 is 9.47 Å². The van der Waals surface area contributed by atoms with Gasteiger partial charge >= 0.3 is 0 Å². The van der Waals surface area contributed by atoms with Crippen molar-refractivity contribution in [3.8, 4) is 5.69 Å². The van der Waals surface area contributed by atoms with E-state index in [1.807, 2.05) is 48.2 Å². The molecule has 1 aliphatic heterocycles. The smallest absolute Gasteiger partial charge is 0.256 e. The van der Waals surface area contributed by atoms with Crippen LogP contribution in [0.3, 0.4) is 0 Å². The van der Waals surface area contributed by atoms with Gasteiger partial charge in [0.25, 0.3) is 5.91 Å². The molecule has 2 unspecified atom stereocenters. The molecule has 2 aromatic carbocycles. The van der Waals surface area contributed by atoms with E-state index in [2.05, 4.69) is 34.8 Å². The molecule has 4 aromatic rings. The van der Waals surface area contributed by atoms with Crippen LogP contribution in [-0.4, -0.2) is 47.9 Å². The Balaban J connectivity index is 1.49. The summed E-state index contributed by atoms with van der Waals surface area (Å²) in [6.07, 6.45) is 5.21. The van der Waals surface area contributed by atoms with Crippen LogP contribution in [0.5, 0.6) is 0 Å². The van der Waals surface area contributed by atoms with Crippen LogP contribution < -0.4 is 0 Å². The van der Waals surface area contributed by atoms with Crippen LogP contribution in [0.25, 0.3) is 16.7 Å². The third kappa shape index (κ3) is 3.40. The number of nitrogens with zero attached hydrogens (tertiary/aromatic N) is 6. The van der Waals surface area contributed by atoms with Gasteiger partial charge in [0.2, 0.25) is 0 Å². The predicted octanol–water partition coefficient (Wildman–Crippen LogP) is 3.87. The van der Waals surface area contributed by atoms with Crippen molar-refractivity contribution in [2.24, 2.45) is 7.05 Å². The third-order valence-electron chi connectivity index (χ3n) is 6.35. The van der Waals surface area contributed by atoms with Crippen molar-refractivity contribution in [1.29, 1.82) is 0 Å². The summed E-state index contributed by atoms with van der Waals surface area (Å²) in [5.41, 5.74) is 4.50. The van der Waals surface area contributed by atoms with Crippen molar-refractivity contribution >= 4 is 16.9 Å². The summed E-state index contributed by atoms with van der Waals surface area (Å²) in [6.45, 7) is 4.78. The number of aryl methyl sites for hydroxylation is 2. The van der Waals surface area contributed by atoms with Gasteiger partial charge in [0.05, 0.1) is 34.7 Å². The summed E-state index contributed by atoms with van der Waals surface area (Å²) < 4.78 is 2.17. The highest BCUT2D eigenvalue weighted by molar-refractivity contribution is 5.98. The average Bonchev–Trinajstić information content (AvgIpc) is 3.42. The van der Waals surface area contributed by atoms with E-state index in [9.17, 15) is 4.79 Å². The van der Waals surface area contributed by atoms with Gasteiger partial charge in [-0.05, 0) is 51.0 Å². The van der Waals surface area contributed by atoms with Gasteiger partial charge in [-0.1, -0.05) is 23.8 Å². The number of benzene rings is 2. The van der Waals surface area contributed by atoms with Crippen LogP contribution in [-0.2, 0) is 7.05 Å². The minimum absolute atomic E-state index is 0.0203. The predicted molar refractivity (Wildman–Crippen MR) is 119 cm³/mol. The molecule has 0 radical (unpaired) electrons. The lowest BCUT2D eigenvalue weighted by Gasteiger charge is -2.38. The molecule has 2 atom stereocenters. The lowest BCUT2D eigenvalue weighted by molar-refractivity contribution is 0.0604. The van der Waals surface area contributed by atoms with Gasteiger partial charge in [0.1, 0.15) is 5.82 Å². The van der Waals surface area contributed by atoms with Gasteiger partial charge in [0, 0.05) is 25.6 Å². The molecule has 0 saturated carbocycles. The second-order valence-electron chi connectivity index (χ2n) is 8.44. The highest BCUT2D eigenvalue weighted by Crippen LogP contribution is 2.32. The number of carbonyl (C=O) groups excluding carboxylic acids is 1. The minimum Gasteiger partial charge on any atom is -0.335 e. The summed E-state index contributed by atoms with van der Waals surface area (Å²) in [6, 6.07) is 14.2. The molecule has 7 heteroatoms. The van der Waals surface area contributed by atoms with E-state index >= 15 is 0 Å². The molecule has 1 saturated heterocycles. The van der Waals surface area contributed by atoms with E-state index < -0.39 is 0 Å². The van der Waals surface area contributed by atoms with Crippen molar-refractivity contribution in [3.05, 3.63) is 71.8 Å². The zero-order valence-electron chi connectivity index (χ0n) is 18.1. The number of carbonyl (C=O) groups is 1. The molecular formula is C24H26N6O. The fraction of sp³-hybridized carbons (Fsp3) is 0.333. The average molecular weight is 415 g/mol. The molecule has 0 aliphatic carbocycles. The number of amides is 1. The maximum absolute atomic E-state index is 13.7. The maximum atomic E-state index is 13.7. The van der Waals surface area contributed by atoms with Gasteiger partial charge in [-0.15, -0.1) is 0 Å². The van der Waals surface area contributed by atoms with Crippen molar-refractivity contribution in [2.75, 3.05) is 6.54 Å². The van der Waals surface area contributed by atoms with Gasteiger partial charge in [-0.2, -0.15) is 15.0 Å². The topological polar surface area (TPSA) is 68.8 Å². The summed E-state index contributed by atoms with van der Waals surface area (Å²) in [7, 11) is 2.07. The first-order valence-electron chi connectivity index (χ1n) is 10.7. The Kier molecular flexibility index (Phi) is 4.81. The lowest BCUT2D eigenvalue weighted by atomic mass is 9.91. The number of hydrogen-bond donors (Lipinski definition) is 0. The maximum Gasteiger partial charge on any atom is 0.256 e. The van der Waals surface area contributed by atoms with E-state index in [0.29, 0.717) is 17.8 Å². The molecule has 1 fully saturated rings. The van der Waals surface area contributed by atoms with Crippen LogP contribution in [0, 0.1) is 6.92 Å². The normalized spacial score (nSPS) is 19.1. The summed E-state index contributed by atoms with van der Waals surface area (Å²) in [4.78, 5) is 22.2. The Labute approximate surface area is 181 Å². The molecule has 1 amide bonds. The second kappa shape index (κ2) is 7.65. The molecule has 2 aromatic heterocycles. The fourth-order valence-electron chi connectivity index (χ4n) is 4.62. The minimum atomic E-state index is 0.0203. The fourth-order valence-corrected chi connectivity index (χ4v) is 4.62. The first kappa shape index (κ1) is 19.5. The van der Waals surface area contributed by atoms with Crippen molar-refractivity contribution in [2.45, 2.75) is 38.6 Å². The Morgan fingerprint density at radius 3 is 2.61 bits per heavy atom. The lowest BCUT2D eigenvalue weighted by Crippen LogP contribution is -2.45. The van der Waals surface area contributed by atoms with Crippen LogP contribution in [0.4, 0.5) is 0 Å². The second-order valence-corrected chi connectivity index (χ2v) is 8.44. The van der Waals surface area contributed by atoms with Crippen LogP contribution >= 0.6 is 0 Å². The Morgan fingerprint density at radius 2 is 1.84 bits per heavy atom. The molecule has 0 bridgehead atoms. The zero-order chi connectivity index (χ0) is 21.5.